The highest BCUT2D eigenvalue weighted by molar-refractivity contribution is 9.10. The first-order valence-electron chi connectivity index (χ1n) is 5.59. The molecule has 0 amide bonds. The van der Waals surface area contributed by atoms with Crippen LogP contribution in [0.15, 0.2) is 22.7 Å². The van der Waals surface area contributed by atoms with Gasteiger partial charge in [0.05, 0.1) is 6.10 Å². The molecule has 17 heavy (non-hydrogen) atoms. The largest absolute Gasteiger partial charge is 0.490 e. The summed E-state index contributed by atoms with van der Waals surface area (Å²) in [6, 6.07) is 5.02. The molecule has 0 saturated heterocycles. The Hall–Kier alpha value is -1.03. The van der Waals surface area contributed by atoms with Crippen LogP contribution in [0.1, 0.15) is 37.6 Å². The highest BCUT2D eigenvalue weighted by atomic mass is 79.9. The first-order chi connectivity index (χ1) is 7.90. The summed E-state index contributed by atoms with van der Waals surface area (Å²) < 4.78 is 6.41. The Labute approximate surface area is 110 Å². The summed E-state index contributed by atoms with van der Waals surface area (Å²) >= 11 is 3.25. The van der Waals surface area contributed by atoms with Crippen LogP contribution in [0.3, 0.4) is 0 Å². The number of hydrogen-bond acceptors (Lipinski definition) is 2. The number of rotatable bonds is 5. The average molecular weight is 301 g/mol. The summed E-state index contributed by atoms with van der Waals surface area (Å²) in [5, 5.41) is 9.08. The fourth-order valence-electron chi connectivity index (χ4n) is 1.70. The molecule has 0 saturated carbocycles. The molecule has 1 aromatic carbocycles. The highest BCUT2D eigenvalue weighted by Gasteiger charge is 2.15. The maximum Gasteiger partial charge on any atom is 0.339 e. The van der Waals surface area contributed by atoms with Crippen molar-refractivity contribution in [1.82, 2.24) is 0 Å². The summed E-state index contributed by atoms with van der Waals surface area (Å²) in [5.41, 5.74) is 0.190. The predicted octanol–water partition coefficient (Wildman–Crippen LogP) is 3.96. The molecular weight excluding hydrogens is 284 g/mol. The Bertz CT molecular complexity index is 402. The van der Waals surface area contributed by atoms with Crippen molar-refractivity contribution >= 4 is 21.9 Å². The molecule has 0 bridgehead atoms. The number of hydrogen-bond donors (Lipinski definition) is 1. The van der Waals surface area contributed by atoms with Gasteiger partial charge >= 0.3 is 5.97 Å². The van der Waals surface area contributed by atoms with Crippen LogP contribution in [0.25, 0.3) is 0 Å². The first kappa shape index (κ1) is 14.0. The molecule has 0 aliphatic rings. The molecule has 4 heteroatoms. The van der Waals surface area contributed by atoms with Crippen molar-refractivity contribution in [2.75, 3.05) is 0 Å². The number of carbonyl (C=O) groups is 1. The summed E-state index contributed by atoms with van der Waals surface area (Å²) in [6.07, 6.45) is 0.907. The number of halogens is 1. The average Bonchev–Trinajstić information content (AvgIpc) is 2.19. The van der Waals surface area contributed by atoms with Gasteiger partial charge in [-0.3, -0.25) is 0 Å². The van der Waals surface area contributed by atoms with Crippen LogP contribution in [0.2, 0.25) is 0 Å². The van der Waals surface area contributed by atoms with Gasteiger partial charge in [-0.05, 0) is 37.5 Å². The zero-order chi connectivity index (χ0) is 13.0. The van der Waals surface area contributed by atoms with Crippen molar-refractivity contribution in [1.29, 1.82) is 0 Å². The van der Waals surface area contributed by atoms with Gasteiger partial charge in [0.2, 0.25) is 0 Å². The second kappa shape index (κ2) is 6.05. The van der Waals surface area contributed by atoms with E-state index in [1.165, 1.54) is 0 Å². The van der Waals surface area contributed by atoms with E-state index in [4.69, 9.17) is 9.84 Å². The minimum absolute atomic E-state index is 0.00859. The van der Waals surface area contributed by atoms with Crippen LogP contribution in [-0.4, -0.2) is 17.2 Å². The molecule has 1 atom stereocenters. The lowest BCUT2D eigenvalue weighted by atomic mass is 10.1. The molecule has 1 rings (SSSR count). The van der Waals surface area contributed by atoms with Gasteiger partial charge in [-0.2, -0.15) is 0 Å². The van der Waals surface area contributed by atoms with Crippen LogP contribution in [-0.2, 0) is 0 Å². The molecule has 0 heterocycles. The third kappa shape index (κ3) is 4.38. The van der Waals surface area contributed by atoms with Crippen molar-refractivity contribution in [3.05, 3.63) is 28.2 Å². The Morgan fingerprint density at radius 2 is 2.06 bits per heavy atom. The third-order valence-corrected chi connectivity index (χ3v) is 2.80. The van der Waals surface area contributed by atoms with E-state index < -0.39 is 5.97 Å². The normalized spacial score (nSPS) is 12.5. The standard InChI is InChI=1S/C13H17BrO3/c1-8(2)6-9(3)17-12-5-4-10(14)7-11(12)13(15)16/h4-5,7-9H,6H2,1-3H3,(H,15,16). The number of benzene rings is 1. The molecule has 0 aromatic heterocycles. The monoisotopic (exact) mass is 300 g/mol. The first-order valence-corrected chi connectivity index (χ1v) is 6.39. The number of carboxylic acid groups (broad SMARTS) is 1. The Morgan fingerprint density at radius 1 is 1.41 bits per heavy atom. The van der Waals surface area contributed by atoms with Crippen LogP contribution in [0.4, 0.5) is 0 Å². The zero-order valence-electron chi connectivity index (χ0n) is 10.2. The Morgan fingerprint density at radius 3 is 2.59 bits per heavy atom. The summed E-state index contributed by atoms with van der Waals surface area (Å²) in [4.78, 5) is 11.1. The molecule has 1 unspecified atom stereocenters. The lowest BCUT2D eigenvalue weighted by molar-refractivity contribution is 0.0689. The third-order valence-electron chi connectivity index (χ3n) is 2.30. The summed E-state index contributed by atoms with van der Waals surface area (Å²) in [6.45, 7) is 6.17. The van der Waals surface area contributed by atoms with Gasteiger partial charge < -0.3 is 9.84 Å². The molecular formula is C13H17BrO3. The van der Waals surface area contributed by atoms with E-state index in [0.717, 1.165) is 10.9 Å². The van der Waals surface area contributed by atoms with E-state index in [1.54, 1.807) is 18.2 Å². The Balaban J connectivity index is 2.86. The lowest BCUT2D eigenvalue weighted by Gasteiger charge is -2.18. The van der Waals surface area contributed by atoms with Crippen LogP contribution in [0, 0.1) is 5.92 Å². The molecule has 94 valence electrons. The SMILES string of the molecule is CC(C)CC(C)Oc1ccc(Br)cc1C(=O)O. The molecule has 1 aromatic rings. The minimum atomic E-state index is -0.974. The van der Waals surface area contributed by atoms with Crippen molar-refractivity contribution in [2.45, 2.75) is 33.3 Å². The van der Waals surface area contributed by atoms with E-state index in [9.17, 15) is 4.79 Å². The fourth-order valence-corrected chi connectivity index (χ4v) is 2.06. The van der Waals surface area contributed by atoms with E-state index in [-0.39, 0.29) is 11.7 Å². The maximum atomic E-state index is 11.1. The van der Waals surface area contributed by atoms with Crippen molar-refractivity contribution in [3.63, 3.8) is 0 Å². The summed E-state index contributed by atoms with van der Waals surface area (Å²) in [7, 11) is 0. The number of carboxylic acids is 1. The van der Waals surface area contributed by atoms with Crippen LogP contribution >= 0.6 is 15.9 Å². The van der Waals surface area contributed by atoms with Gasteiger partial charge in [-0.25, -0.2) is 4.79 Å². The molecule has 0 aliphatic heterocycles. The lowest BCUT2D eigenvalue weighted by Crippen LogP contribution is -2.16. The summed E-state index contributed by atoms with van der Waals surface area (Å²) in [5.74, 6) is -0.0272. The minimum Gasteiger partial charge on any atom is -0.490 e. The molecule has 0 fully saturated rings. The smallest absolute Gasteiger partial charge is 0.339 e. The van der Waals surface area contributed by atoms with E-state index >= 15 is 0 Å². The van der Waals surface area contributed by atoms with Gasteiger partial charge in [-0.1, -0.05) is 29.8 Å². The van der Waals surface area contributed by atoms with Gasteiger partial charge in [0.15, 0.2) is 0 Å². The van der Waals surface area contributed by atoms with Gasteiger partial charge in [0.25, 0.3) is 0 Å². The van der Waals surface area contributed by atoms with Gasteiger partial charge in [-0.15, -0.1) is 0 Å². The number of aromatic carboxylic acids is 1. The second-order valence-corrected chi connectivity index (χ2v) is 5.42. The quantitative estimate of drug-likeness (QED) is 0.895. The molecule has 0 spiro atoms. The van der Waals surface area contributed by atoms with Crippen molar-refractivity contribution in [3.8, 4) is 5.75 Å². The van der Waals surface area contributed by atoms with Crippen LogP contribution < -0.4 is 4.74 Å². The van der Waals surface area contributed by atoms with Crippen molar-refractivity contribution in [2.24, 2.45) is 5.92 Å². The topological polar surface area (TPSA) is 46.5 Å². The fraction of sp³-hybridized carbons (Fsp3) is 0.462. The predicted molar refractivity (Wildman–Crippen MR) is 70.6 cm³/mol. The van der Waals surface area contributed by atoms with E-state index in [0.29, 0.717) is 11.7 Å². The van der Waals surface area contributed by atoms with Crippen LogP contribution in [0.5, 0.6) is 5.75 Å². The highest BCUT2D eigenvalue weighted by Crippen LogP contribution is 2.25. The number of ether oxygens (including phenoxy) is 1. The van der Waals surface area contributed by atoms with Crippen molar-refractivity contribution < 1.29 is 14.6 Å². The molecule has 0 aliphatic carbocycles. The zero-order valence-corrected chi connectivity index (χ0v) is 11.8. The van der Waals surface area contributed by atoms with Gasteiger partial charge in [0, 0.05) is 4.47 Å². The van der Waals surface area contributed by atoms with E-state index in [2.05, 4.69) is 29.8 Å². The maximum absolute atomic E-state index is 11.1. The molecule has 1 N–H and O–H groups in total. The molecule has 3 nitrogen and oxygen atoms in total. The second-order valence-electron chi connectivity index (χ2n) is 4.50. The van der Waals surface area contributed by atoms with Gasteiger partial charge in [0.1, 0.15) is 11.3 Å². The van der Waals surface area contributed by atoms with E-state index in [1.807, 2.05) is 6.92 Å². The molecule has 0 radical (unpaired) electrons. The Kier molecular flexibility index (Phi) is 5.00.